The van der Waals surface area contributed by atoms with E-state index in [1.54, 1.807) is 12.1 Å². The molecule has 0 aromatic heterocycles. The highest BCUT2D eigenvalue weighted by Gasteiger charge is 2.17. The summed E-state index contributed by atoms with van der Waals surface area (Å²) in [6, 6.07) is 7.37. The highest BCUT2D eigenvalue weighted by atomic mass is 32.2. The van der Waals surface area contributed by atoms with E-state index in [9.17, 15) is 8.42 Å². The van der Waals surface area contributed by atoms with Gasteiger partial charge in [0.1, 0.15) is 4.90 Å². The Balaban J connectivity index is 3.00. The lowest BCUT2D eigenvalue weighted by Crippen LogP contribution is -2.24. The van der Waals surface area contributed by atoms with Crippen LogP contribution in [0.25, 0.3) is 0 Å². The van der Waals surface area contributed by atoms with Crippen molar-refractivity contribution in [3.8, 4) is 0 Å². The number of rotatable bonds is 8. The molecule has 0 unspecified atom stereocenters. The third-order valence-electron chi connectivity index (χ3n) is 3.08. The molecular formula is C14H24N2O2S. The molecule has 0 heterocycles. The van der Waals surface area contributed by atoms with Crippen LogP contribution in [0.1, 0.15) is 39.5 Å². The molecule has 0 atom stereocenters. The van der Waals surface area contributed by atoms with Crippen LogP contribution in [-0.2, 0) is 10.0 Å². The van der Waals surface area contributed by atoms with Gasteiger partial charge >= 0.3 is 0 Å². The molecule has 1 aromatic carbocycles. The Morgan fingerprint density at radius 2 is 1.68 bits per heavy atom. The van der Waals surface area contributed by atoms with Crippen molar-refractivity contribution in [1.82, 2.24) is 4.72 Å². The fourth-order valence-electron chi connectivity index (χ4n) is 2.14. The first-order valence-corrected chi connectivity index (χ1v) is 8.32. The van der Waals surface area contributed by atoms with Crippen LogP contribution in [0.2, 0.25) is 0 Å². The van der Waals surface area contributed by atoms with Crippen molar-refractivity contribution >= 4 is 15.7 Å². The van der Waals surface area contributed by atoms with E-state index in [1.165, 1.54) is 7.05 Å². The standard InChI is InChI=1S/C14H24N2O2S/c1-4-8-12(9-5-2)16-13-10-6-7-11-14(13)19(17,18)15-3/h6-7,10-12,15-16H,4-5,8-9H2,1-3H3. The Morgan fingerprint density at radius 1 is 1.11 bits per heavy atom. The molecule has 0 spiro atoms. The molecule has 0 saturated carbocycles. The molecule has 1 aromatic rings. The highest BCUT2D eigenvalue weighted by molar-refractivity contribution is 7.89. The second-order valence-corrected chi connectivity index (χ2v) is 6.48. The zero-order valence-electron chi connectivity index (χ0n) is 11.9. The normalized spacial score (nSPS) is 11.8. The van der Waals surface area contributed by atoms with Crippen LogP contribution in [-0.4, -0.2) is 21.5 Å². The zero-order chi connectivity index (χ0) is 14.3. The van der Waals surface area contributed by atoms with Crippen molar-refractivity contribution in [3.05, 3.63) is 24.3 Å². The Bertz CT molecular complexity index is 480. The van der Waals surface area contributed by atoms with Gasteiger partial charge in [0.2, 0.25) is 10.0 Å². The minimum atomic E-state index is -3.42. The average Bonchev–Trinajstić information content (AvgIpc) is 2.40. The smallest absolute Gasteiger partial charge is 0.242 e. The quantitative estimate of drug-likeness (QED) is 0.771. The van der Waals surface area contributed by atoms with Gasteiger partial charge in [0.05, 0.1) is 5.69 Å². The molecule has 108 valence electrons. The number of sulfonamides is 1. The zero-order valence-corrected chi connectivity index (χ0v) is 12.8. The Labute approximate surface area is 116 Å². The van der Waals surface area contributed by atoms with Crippen molar-refractivity contribution in [1.29, 1.82) is 0 Å². The Kier molecular flexibility index (Phi) is 6.31. The third-order valence-corrected chi connectivity index (χ3v) is 4.55. The molecule has 19 heavy (non-hydrogen) atoms. The largest absolute Gasteiger partial charge is 0.381 e. The lowest BCUT2D eigenvalue weighted by Gasteiger charge is -2.20. The molecule has 2 N–H and O–H groups in total. The van der Waals surface area contributed by atoms with Gasteiger partial charge in [-0.05, 0) is 32.0 Å². The van der Waals surface area contributed by atoms with Crippen molar-refractivity contribution in [3.63, 3.8) is 0 Å². The summed E-state index contributed by atoms with van der Waals surface area (Å²) in [6.45, 7) is 4.28. The second-order valence-electron chi connectivity index (χ2n) is 4.62. The summed E-state index contributed by atoms with van der Waals surface area (Å²) in [5.41, 5.74) is 0.684. The van der Waals surface area contributed by atoms with Gasteiger partial charge in [-0.1, -0.05) is 38.8 Å². The fourth-order valence-corrected chi connectivity index (χ4v) is 3.03. The molecule has 0 bridgehead atoms. The maximum Gasteiger partial charge on any atom is 0.242 e. The third kappa shape index (κ3) is 4.51. The monoisotopic (exact) mass is 284 g/mol. The summed E-state index contributed by atoms with van der Waals surface area (Å²) in [4.78, 5) is 0.315. The molecule has 0 radical (unpaired) electrons. The summed E-state index contributed by atoms with van der Waals surface area (Å²) in [7, 11) is -1.98. The summed E-state index contributed by atoms with van der Waals surface area (Å²) >= 11 is 0. The maximum atomic E-state index is 12.0. The van der Waals surface area contributed by atoms with Gasteiger partial charge in [-0.25, -0.2) is 13.1 Å². The van der Waals surface area contributed by atoms with Gasteiger partial charge in [-0.2, -0.15) is 0 Å². The molecule has 0 aliphatic carbocycles. The van der Waals surface area contributed by atoms with Gasteiger partial charge in [0, 0.05) is 6.04 Å². The first-order valence-electron chi connectivity index (χ1n) is 6.84. The van der Waals surface area contributed by atoms with Gasteiger partial charge < -0.3 is 5.32 Å². The summed E-state index contributed by atoms with van der Waals surface area (Å²) < 4.78 is 26.3. The first kappa shape index (κ1) is 16.0. The number of para-hydroxylation sites is 1. The molecule has 0 amide bonds. The van der Waals surface area contributed by atoms with E-state index in [0.29, 0.717) is 16.6 Å². The van der Waals surface area contributed by atoms with E-state index in [4.69, 9.17) is 0 Å². The maximum absolute atomic E-state index is 12.0. The first-order chi connectivity index (χ1) is 9.05. The van der Waals surface area contributed by atoms with E-state index in [1.807, 2.05) is 12.1 Å². The van der Waals surface area contributed by atoms with Crippen molar-refractivity contribution in [2.45, 2.75) is 50.5 Å². The van der Waals surface area contributed by atoms with Crippen LogP contribution in [0.3, 0.4) is 0 Å². The number of anilines is 1. The van der Waals surface area contributed by atoms with Gasteiger partial charge in [0.25, 0.3) is 0 Å². The van der Waals surface area contributed by atoms with Crippen molar-refractivity contribution in [2.24, 2.45) is 0 Å². The fraction of sp³-hybridized carbons (Fsp3) is 0.571. The number of hydrogen-bond donors (Lipinski definition) is 2. The van der Waals surface area contributed by atoms with Gasteiger partial charge in [-0.15, -0.1) is 0 Å². The van der Waals surface area contributed by atoms with Gasteiger partial charge in [-0.3, -0.25) is 0 Å². The van der Waals surface area contributed by atoms with Crippen LogP contribution in [0.4, 0.5) is 5.69 Å². The summed E-state index contributed by atoms with van der Waals surface area (Å²) in [5.74, 6) is 0. The number of benzene rings is 1. The summed E-state index contributed by atoms with van der Waals surface area (Å²) in [5, 5.41) is 3.37. The summed E-state index contributed by atoms with van der Waals surface area (Å²) in [6.07, 6.45) is 4.25. The van der Waals surface area contributed by atoms with Crippen LogP contribution in [0.5, 0.6) is 0 Å². The lowest BCUT2D eigenvalue weighted by molar-refractivity contribution is 0.580. The molecular weight excluding hydrogens is 260 g/mol. The second kappa shape index (κ2) is 7.50. The Morgan fingerprint density at radius 3 is 2.21 bits per heavy atom. The molecule has 1 rings (SSSR count). The van der Waals surface area contributed by atoms with Crippen LogP contribution in [0.15, 0.2) is 29.2 Å². The van der Waals surface area contributed by atoms with E-state index in [0.717, 1.165) is 25.7 Å². The predicted molar refractivity (Wildman–Crippen MR) is 79.9 cm³/mol. The highest BCUT2D eigenvalue weighted by Crippen LogP contribution is 2.23. The molecule has 0 aliphatic rings. The van der Waals surface area contributed by atoms with Crippen molar-refractivity contribution in [2.75, 3.05) is 12.4 Å². The number of nitrogens with one attached hydrogen (secondary N) is 2. The molecule has 0 aliphatic heterocycles. The molecule has 0 saturated heterocycles. The lowest BCUT2D eigenvalue weighted by atomic mass is 10.1. The minimum absolute atomic E-state index is 0.315. The number of hydrogen-bond acceptors (Lipinski definition) is 3. The van der Waals surface area contributed by atoms with E-state index in [2.05, 4.69) is 23.9 Å². The van der Waals surface area contributed by atoms with E-state index < -0.39 is 10.0 Å². The molecule has 0 fully saturated rings. The minimum Gasteiger partial charge on any atom is -0.381 e. The van der Waals surface area contributed by atoms with Crippen molar-refractivity contribution < 1.29 is 8.42 Å². The van der Waals surface area contributed by atoms with E-state index >= 15 is 0 Å². The average molecular weight is 284 g/mol. The topological polar surface area (TPSA) is 58.2 Å². The Hall–Kier alpha value is -1.07. The molecule has 5 heteroatoms. The predicted octanol–water partition coefficient (Wildman–Crippen LogP) is 2.98. The van der Waals surface area contributed by atoms with E-state index in [-0.39, 0.29) is 0 Å². The SMILES string of the molecule is CCCC(CCC)Nc1ccccc1S(=O)(=O)NC. The van der Waals surface area contributed by atoms with Crippen LogP contribution >= 0.6 is 0 Å². The van der Waals surface area contributed by atoms with Crippen LogP contribution in [0, 0.1) is 0 Å². The van der Waals surface area contributed by atoms with Gasteiger partial charge in [0.15, 0.2) is 0 Å². The van der Waals surface area contributed by atoms with Crippen LogP contribution < -0.4 is 10.0 Å². The molecule has 4 nitrogen and oxygen atoms in total.